The van der Waals surface area contributed by atoms with Crippen molar-refractivity contribution in [2.75, 3.05) is 0 Å². The van der Waals surface area contributed by atoms with E-state index in [0.29, 0.717) is 11.8 Å². The van der Waals surface area contributed by atoms with Crippen molar-refractivity contribution in [3.05, 3.63) is 50.1 Å². The van der Waals surface area contributed by atoms with Crippen LogP contribution < -0.4 is 4.74 Å². The molecule has 0 aliphatic heterocycles. The summed E-state index contributed by atoms with van der Waals surface area (Å²) in [6, 6.07) is 9.69. The molecule has 0 fully saturated rings. The average Bonchev–Trinajstić information content (AvgIpc) is 2.34. The minimum absolute atomic E-state index is 0.366. The topological polar surface area (TPSA) is 22.1 Å². The van der Waals surface area contributed by atoms with Crippen LogP contribution in [0.15, 0.2) is 41.0 Å². The highest BCUT2D eigenvalue weighted by molar-refractivity contribution is 14.1. The second-order valence-corrected chi connectivity index (χ2v) is 5.63. The summed E-state index contributed by atoms with van der Waals surface area (Å²) < 4.78 is 7.69. The van der Waals surface area contributed by atoms with Crippen LogP contribution in [0.3, 0.4) is 0 Å². The van der Waals surface area contributed by atoms with Crippen molar-refractivity contribution in [2.45, 2.75) is 5.88 Å². The molecular formula is C12H8BrClINO. The van der Waals surface area contributed by atoms with E-state index in [1.54, 1.807) is 6.20 Å². The van der Waals surface area contributed by atoms with Crippen LogP contribution in [0.5, 0.6) is 11.6 Å². The molecule has 1 heterocycles. The number of para-hydroxylation sites is 1. The van der Waals surface area contributed by atoms with Gasteiger partial charge in [-0.3, -0.25) is 0 Å². The third kappa shape index (κ3) is 3.33. The van der Waals surface area contributed by atoms with Gasteiger partial charge in [-0.2, -0.15) is 0 Å². The van der Waals surface area contributed by atoms with Gasteiger partial charge in [0.1, 0.15) is 5.75 Å². The Bertz CT molecular complexity index is 536. The molecule has 1 aromatic carbocycles. The Morgan fingerprint density at radius 1 is 1.35 bits per heavy atom. The Kier molecular flexibility index (Phi) is 4.64. The number of rotatable bonds is 3. The fourth-order valence-corrected chi connectivity index (χ4v) is 2.36. The van der Waals surface area contributed by atoms with Gasteiger partial charge in [-0.05, 0) is 56.7 Å². The molecule has 0 atom stereocenters. The van der Waals surface area contributed by atoms with Crippen LogP contribution in [0.2, 0.25) is 0 Å². The number of pyridine rings is 1. The van der Waals surface area contributed by atoms with Gasteiger partial charge in [0, 0.05) is 16.2 Å². The van der Waals surface area contributed by atoms with Crippen LogP contribution in [-0.2, 0) is 5.88 Å². The summed E-state index contributed by atoms with van der Waals surface area (Å²) >= 11 is 11.4. The van der Waals surface area contributed by atoms with Crippen molar-refractivity contribution in [1.82, 2.24) is 4.98 Å². The molecule has 0 N–H and O–H groups in total. The van der Waals surface area contributed by atoms with Crippen molar-refractivity contribution in [3.8, 4) is 11.6 Å². The first-order valence-corrected chi connectivity index (χ1v) is 7.24. The number of alkyl halides is 1. The van der Waals surface area contributed by atoms with Crippen LogP contribution in [0, 0.1) is 3.57 Å². The van der Waals surface area contributed by atoms with E-state index in [9.17, 15) is 0 Å². The van der Waals surface area contributed by atoms with Gasteiger partial charge in [0.15, 0.2) is 0 Å². The smallest absolute Gasteiger partial charge is 0.223 e. The van der Waals surface area contributed by atoms with E-state index in [2.05, 4.69) is 43.5 Å². The summed E-state index contributed by atoms with van der Waals surface area (Å²) in [5, 5.41) is 0. The Balaban J connectivity index is 2.33. The van der Waals surface area contributed by atoms with Crippen LogP contribution in [0.4, 0.5) is 0 Å². The van der Waals surface area contributed by atoms with Crippen LogP contribution in [-0.4, -0.2) is 4.98 Å². The molecule has 0 radical (unpaired) electrons. The Morgan fingerprint density at radius 3 is 2.82 bits per heavy atom. The maximum Gasteiger partial charge on any atom is 0.223 e. The minimum atomic E-state index is 0.366. The number of benzene rings is 1. The molecule has 0 amide bonds. The fraction of sp³-hybridized carbons (Fsp3) is 0.0833. The highest BCUT2D eigenvalue weighted by Gasteiger charge is 2.08. The SMILES string of the molecule is ClCc1cc(Br)cnc1Oc1ccccc1I. The van der Waals surface area contributed by atoms with Gasteiger partial charge < -0.3 is 4.74 Å². The molecule has 0 bridgehead atoms. The molecule has 0 aliphatic carbocycles. The largest absolute Gasteiger partial charge is 0.438 e. The first-order chi connectivity index (χ1) is 8.20. The number of hydrogen-bond donors (Lipinski definition) is 0. The first kappa shape index (κ1) is 13.1. The quantitative estimate of drug-likeness (QED) is 0.512. The van der Waals surface area contributed by atoms with E-state index in [4.69, 9.17) is 16.3 Å². The first-order valence-electron chi connectivity index (χ1n) is 4.83. The van der Waals surface area contributed by atoms with Crippen molar-refractivity contribution < 1.29 is 4.74 Å². The lowest BCUT2D eigenvalue weighted by atomic mass is 10.3. The molecule has 0 spiro atoms. The molecular weight excluding hydrogens is 416 g/mol. The molecule has 0 saturated heterocycles. The normalized spacial score (nSPS) is 10.3. The Hall–Kier alpha value is -0.330. The molecule has 2 rings (SSSR count). The summed E-state index contributed by atoms with van der Waals surface area (Å²) in [5.74, 6) is 1.70. The molecule has 88 valence electrons. The summed E-state index contributed by atoms with van der Waals surface area (Å²) in [4.78, 5) is 4.23. The van der Waals surface area contributed by atoms with E-state index in [0.717, 1.165) is 19.4 Å². The van der Waals surface area contributed by atoms with Crippen LogP contribution in [0.1, 0.15) is 5.56 Å². The van der Waals surface area contributed by atoms with E-state index < -0.39 is 0 Å². The summed E-state index contributed by atoms with van der Waals surface area (Å²) in [6.07, 6.45) is 1.70. The van der Waals surface area contributed by atoms with Gasteiger partial charge >= 0.3 is 0 Å². The maximum absolute atomic E-state index is 5.87. The van der Waals surface area contributed by atoms with Crippen LogP contribution in [0.25, 0.3) is 0 Å². The molecule has 17 heavy (non-hydrogen) atoms. The molecule has 5 heteroatoms. The third-order valence-corrected chi connectivity index (χ3v) is 3.69. The predicted octanol–water partition coefficient (Wildman–Crippen LogP) is 4.98. The number of halogens is 3. The van der Waals surface area contributed by atoms with Crippen molar-refractivity contribution in [1.29, 1.82) is 0 Å². The second kappa shape index (κ2) is 6.02. The summed E-state index contributed by atoms with van der Waals surface area (Å²) in [6.45, 7) is 0. The predicted molar refractivity (Wildman–Crippen MR) is 80.7 cm³/mol. The Morgan fingerprint density at radius 2 is 2.12 bits per heavy atom. The molecule has 2 nitrogen and oxygen atoms in total. The highest BCUT2D eigenvalue weighted by atomic mass is 127. The molecule has 0 unspecified atom stereocenters. The average molecular weight is 424 g/mol. The third-order valence-electron chi connectivity index (χ3n) is 2.08. The van der Waals surface area contributed by atoms with Gasteiger partial charge in [0.25, 0.3) is 0 Å². The summed E-state index contributed by atoms with van der Waals surface area (Å²) in [7, 11) is 0. The van der Waals surface area contributed by atoms with E-state index in [-0.39, 0.29) is 0 Å². The zero-order valence-electron chi connectivity index (χ0n) is 8.66. The lowest BCUT2D eigenvalue weighted by Crippen LogP contribution is -1.94. The molecule has 1 aromatic heterocycles. The summed E-state index contributed by atoms with van der Waals surface area (Å²) in [5.41, 5.74) is 0.862. The van der Waals surface area contributed by atoms with Crippen molar-refractivity contribution >= 4 is 50.1 Å². The number of nitrogens with zero attached hydrogens (tertiary/aromatic N) is 1. The van der Waals surface area contributed by atoms with Gasteiger partial charge in [-0.15, -0.1) is 11.6 Å². The molecule has 2 aromatic rings. The minimum Gasteiger partial charge on any atom is -0.438 e. The number of aromatic nitrogens is 1. The maximum atomic E-state index is 5.87. The second-order valence-electron chi connectivity index (χ2n) is 3.28. The van der Waals surface area contributed by atoms with E-state index >= 15 is 0 Å². The van der Waals surface area contributed by atoms with Gasteiger partial charge in [-0.1, -0.05) is 12.1 Å². The van der Waals surface area contributed by atoms with Crippen molar-refractivity contribution in [2.24, 2.45) is 0 Å². The van der Waals surface area contributed by atoms with Gasteiger partial charge in [0.2, 0.25) is 5.88 Å². The van der Waals surface area contributed by atoms with Gasteiger partial charge in [-0.25, -0.2) is 4.98 Å². The molecule has 0 saturated carbocycles. The monoisotopic (exact) mass is 423 g/mol. The number of ether oxygens (including phenoxy) is 1. The Labute approximate surface area is 127 Å². The number of hydrogen-bond acceptors (Lipinski definition) is 2. The lowest BCUT2D eigenvalue weighted by molar-refractivity contribution is 0.455. The zero-order valence-corrected chi connectivity index (χ0v) is 13.2. The standard InChI is InChI=1S/C12H8BrClINO/c13-9-5-8(6-14)12(16-7-9)17-11-4-2-1-3-10(11)15/h1-5,7H,6H2. The van der Waals surface area contributed by atoms with Crippen molar-refractivity contribution in [3.63, 3.8) is 0 Å². The fourth-order valence-electron chi connectivity index (χ4n) is 1.29. The van der Waals surface area contributed by atoms with Gasteiger partial charge in [0.05, 0.1) is 9.45 Å². The zero-order chi connectivity index (χ0) is 12.3. The lowest BCUT2D eigenvalue weighted by Gasteiger charge is -2.09. The van der Waals surface area contributed by atoms with E-state index in [1.165, 1.54) is 0 Å². The highest BCUT2D eigenvalue weighted by Crippen LogP contribution is 2.29. The van der Waals surface area contributed by atoms with E-state index in [1.807, 2.05) is 30.3 Å². The van der Waals surface area contributed by atoms with Crippen LogP contribution >= 0.6 is 50.1 Å². The molecule has 0 aliphatic rings.